The molecule has 4 aliphatic rings. The van der Waals surface area contributed by atoms with Gasteiger partial charge in [-0.2, -0.15) is 0 Å². The Morgan fingerprint density at radius 1 is 1.14 bits per heavy atom. The van der Waals surface area contributed by atoms with Crippen LogP contribution >= 0.6 is 0 Å². The summed E-state index contributed by atoms with van der Waals surface area (Å²) in [5, 5.41) is 17.4. The predicted octanol–water partition coefficient (Wildman–Crippen LogP) is 5.54. The van der Waals surface area contributed by atoms with Crippen LogP contribution in [0.5, 0.6) is 5.75 Å². The molecule has 1 aromatic heterocycles. The maximum absolute atomic E-state index is 15.3. The molecule has 2 aromatic rings. The van der Waals surface area contributed by atoms with E-state index in [-0.39, 0.29) is 11.7 Å². The molecule has 4 atom stereocenters. The molecule has 1 aromatic carbocycles. The number of aryl methyl sites for hydroxylation is 2. The molecule has 3 N–H and O–H groups in total. The van der Waals surface area contributed by atoms with E-state index in [9.17, 15) is 9.90 Å². The van der Waals surface area contributed by atoms with E-state index in [0.29, 0.717) is 49.9 Å². The van der Waals surface area contributed by atoms with Crippen LogP contribution in [0, 0.1) is 17.7 Å². The Balaban J connectivity index is 0.974. The first-order valence-corrected chi connectivity index (χ1v) is 16.9. The van der Waals surface area contributed by atoms with Gasteiger partial charge in [-0.1, -0.05) is 12.5 Å². The van der Waals surface area contributed by atoms with Gasteiger partial charge < -0.3 is 25.2 Å². The number of rotatable bonds is 14. The number of likely N-dealkylation sites (tertiary alicyclic amines) is 1. The third-order valence-electron chi connectivity index (χ3n) is 10.2. The molecule has 9 heteroatoms. The largest absolute Gasteiger partial charge is 0.493 e. The third kappa shape index (κ3) is 7.54. The number of hydrogen-bond acceptors (Lipinski definition) is 7. The van der Waals surface area contributed by atoms with Crippen LogP contribution in [0.15, 0.2) is 24.3 Å². The Hall–Kier alpha value is -2.75. The molecule has 6 rings (SSSR count). The molecule has 0 amide bonds. The van der Waals surface area contributed by atoms with Crippen LogP contribution in [0.3, 0.4) is 0 Å². The molecule has 3 fully saturated rings. The molecule has 0 spiro atoms. The average molecular weight is 609 g/mol. The van der Waals surface area contributed by atoms with Gasteiger partial charge in [0.15, 0.2) is 11.6 Å². The van der Waals surface area contributed by atoms with Crippen LogP contribution in [0.4, 0.5) is 10.2 Å². The van der Waals surface area contributed by atoms with Gasteiger partial charge in [-0.15, -0.1) is 0 Å². The van der Waals surface area contributed by atoms with E-state index < -0.39 is 17.8 Å². The first-order chi connectivity index (χ1) is 21.5. The zero-order valence-electron chi connectivity index (χ0n) is 26.2. The number of nitrogens with zero attached hydrogens (tertiary/aromatic N) is 2. The summed E-state index contributed by atoms with van der Waals surface area (Å²) in [5.74, 6) is 0.421. The fourth-order valence-electron chi connectivity index (χ4n) is 8.05. The molecule has 2 bridgehead atoms. The quantitative estimate of drug-likeness (QED) is 0.241. The third-order valence-corrected chi connectivity index (χ3v) is 10.2. The number of carbonyl (C=O) groups is 1. The lowest BCUT2D eigenvalue weighted by molar-refractivity contribution is -0.143. The first kappa shape index (κ1) is 31.2. The number of hydrogen-bond donors (Lipinski definition) is 3. The van der Waals surface area contributed by atoms with Gasteiger partial charge in [-0.05, 0) is 118 Å². The fraction of sp³-hybridized carbons (Fsp3) is 0.657. The lowest BCUT2D eigenvalue weighted by Crippen LogP contribution is -2.38. The summed E-state index contributed by atoms with van der Waals surface area (Å²) in [7, 11) is 1.42. The number of aromatic nitrogens is 1. The normalized spacial score (nSPS) is 25.4. The Labute approximate surface area is 261 Å². The second-order valence-corrected chi connectivity index (χ2v) is 13.5. The number of methoxy groups -OCH3 is 1. The monoisotopic (exact) mass is 608 g/mol. The van der Waals surface area contributed by atoms with Crippen molar-refractivity contribution in [3.63, 3.8) is 0 Å². The standard InChI is InChI=1S/C35H49FN4O4/c1-43-33-30(19-25(20-31(33)36)16-24-17-28-10-11-29(18-24)38-28)32(35(41)42)40-14-12-23(21-40)22-44-15-4-2-3-7-27-9-8-26-6-5-13-37-34(26)39-27/h8-9,19-20,23-24,28-29,32,38H,2-7,10-18,21-22H2,1H3,(H,37,39)(H,41,42)/t23-,24?,28?,29?,32?/m1/s1. The van der Waals surface area contributed by atoms with Gasteiger partial charge in [0, 0.05) is 43.0 Å². The van der Waals surface area contributed by atoms with Gasteiger partial charge in [-0.25, -0.2) is 9.37 Å². The number of anilines is 1. The first-order valence-electron chi connectivity index (χ1n) is 16.9. The molecule has 240 valence electrons. The van der Waals surface area contributed by atoms with E-state index in [1.165, 1.54) is 31.9 Å². The van der Waals surface area contributed by atoms with Crippen LogP contribution in [0.1, 0.15) is 86.2 Å². The summed E-state index contributed by atoms with van der Waals surface area (Å²) >= 11 is 0. The van der Waals surface area contributed by atoms with Crippen LogP contribution in [0.25, 0.3) is 0 Å². The maximum Gasteiger partial charge on any atom is 0.325 e. The topological polar surface area (TPSA) is 96.0 Å². The summed E-state index contributed by atoms with van der Waals surface area (Å²) in [6, 6.07) is 8.00. The van der Waals surface area contributed by atoms with Crippen molar-refractivity contribution in [2.75, 3.05) is 45.3 Å². The number of carboxylic acid groups (broad SMARTS) is 1. The number of piperidine rings is 1. The summed E-state index contributed by atoms with van der Waals surface area (Å²) in [4.78, 5) is 19.4. The van der Waals surface area contributed by atoms with Gasteiger partial charge in [0.25, 0.3) is 0 Å². The highest BCUT2D eigenvalue weighted by atomic mass is 19.1. The molecule has 0 radical (unpaired) electrons. The molecular weight excluding hydrogens is 559 g/mol. The van der Waals surface area contributed by atoms with E-state index in [0.717, 1.165) is 81.4 Å². The van der Waals surface area contributed by atoms with Gasteiger partial charge in [-0.3, -0.25) is 9.69 Å². The van der Waals surface area contributed by atoms with E-state index in [1.54, 1.807) is 6.07 Å². The molecule has 44 heavy (non-hydrogen) atoms. The van der Waals surface area contributed by atoms with Gasteiger partial charge in [0.2, 0.25) is 0 Å². The minimum atomic E-state index is -0.967. The number of ether oxygens (including phenoxy) is 2. The van der Waals surface area contributed by atoms with E-state index in [4.69, 9.17) is 14.5 Å². The molecular formula is C35H49FN4O4. The second kappa shape index (κ2) is 14.6. The smallest absolute Gasteiger partial charge is 0.325 e. The molecule has 8 nitrogen and oxygen atoms in total. The molecule has 4 aliphatic heterocycles. The summed E-state index contributed by atoms with van der Waals surface area (Å²) < 4.78 is 26.8. The van der Waals surface area contributed by atoms with Crippen LogP contribution in [0.2, 0.25) is 0 Å². The molecule has 3 unspecified atom stereocenters. The van der Waals surface area contributed by atoms with Gasteiger partial charge in [0.1, 0.15) is 11.9 Å². The number of pyridine rings is 1. The predicted molar refractivity (Wildman–Crippen MR) is 169 cm³/mol. The number of halogens is 1. The van der Waals surface area contributed by atoms with E-state index >= 15 is 4.39 Å². The van der Waals surface area contributed by atoms with Crippen LogP contribution < -0.4 is 15.4 Å². The van der Waals surface area contributed by atoms with Crippen molar-refractivity contribution >= 4 is 11.8 Å². The van der Waals surface area contributed by atoms with Gasteiger partial charge in [0.05, 0.1) is 13.7 Å². The summed E-state index contributed by atoms with van der Waals surface area (Å²) in [6.07, 6.45) is 12.7. The van der Waals surface area contributed by atoms with Crippen LogP contribution in [-0.4, -0.2) is 73.0 Å². The van der Waals surface area contributed by atoms with Crippen molar-refractivity contribution in [2.24, 2.45) is 11.8 Å². The molecule has 0 saturated carbocycles. The van der Waals surface area contributed by atoms with Crippen molar-refractivity contribution in [1.29, 1.82) is 0 Å². The number of fused-ring (bicyclic) bond motifs is 3. The number of benzene rings is 1. The lowest BCUT2D eigenvalue weighted by Gasteiger charge is -2.30. The lowest BCUT2D eigenvalue weighted by atomic mass is 9.86. The van der Waals surface area contributed by atoms with Crippen molar-refractivity contribution in [1.82, 2.24) is 15.2 Å². The van der Waals surface area contributed by atoms with Crippen molar-refractivity contribution in [3.8, 4) is 5.75 Å². The molecule has 3 saturated heterocycles. The zero-order valence-corrected chi connectivity index (χ0v) is 26.2. The number of nitrogens with one attached hydrogen (secondary N) is 2. The summed E-state index contributed by atoms with van der Waals surface area (Å²) in [5.41, 5.74) is 3.78. The Morgan fingerprint density at radius 2 is 1.98 bits per heavy atom. The Bertz CT molecular complexity index is 1280. The van der Waals surface area contributed by atoms with Crippen LogP contribution in [-0.2, 0) is 28.8 Å². The number of carboxylic acids is 1. The number of unbranched alkanes of at least 4 members (excludes halogenated alkanes) is 2. The highest BCUT2D eigenvalue weighted by molar-refractivity contribution is 5.77. The summed E-state index contributed by atoms with van der Waals surface area (Å²) in [6.45, 7) is 3.58. The Morgan fingerprint density at radius 3 is 2.77 bits per heavy atom. The highest BCUT2D eigenvalue weighted by Crippen LogP contribution is 2.38. The minimum Gasteiger partial charge on any atom is -0.493 e. The zero-order chi connectivity index (χ0) is 30.5. The number of aliphatic carboxylic acids is 1. The van der Waals surface area contributed by atoms with Crippen molar-refractivity contribution in [3.05, 3.63) is 52.5 Å². The minimum absolute atomic E-state index is 0.0491. The second-order valence-electron chi connectivity index (χ2n) is 13.5. The SMILES string of the molecule is COc1c(F)cc(CC2CC3CCC(C2)N3)cc1C(C(=O)O)N1CC[C@@H](COCCCCCc2ccc3c(n2)NCCC3)C1. The van der Waals surface area contributed by atoms with Crippen molar-refractivity contribution < 1.29 is 23.8 Å². The fourth-order valence-corrected chi connectivity index (χ4v) is 8.05. The molecule has 5 heterocycles. The average Bonchev–Trinajstić information content (AvgIpc) is 3.61. The van der Waals surface area contributed by atoms with Gasteiger partial charge >= 0.3 is 5.97 Å². The van der Waals surface area contributed by atoms with E-state index in [1.807, 2.05) is 11.0 Å². The van der Waals surface area contributed by atoms with Crippen molar-refractivity contribution in [2.45, 2.75) is 95.2 Å². The molecule has 0 aliphatic carbocycles. The maximum atomic E-state index is 15.3. The van der Waals surface area contributed by atoms with E-state index in [2.05, 4.69) is 22.8 Å². The highest BCUT2D eigenvalue weighted by Gasteiger charge is 2.37. The Kier molecular flexibility index (Phi) is 10.3.